The third kappa shape index (κ3) is 4.43. The molecule has 0 saturated carbocycles. The Hall–Kier alpha value is -1.62. The van der Waals surface area contributed by atoms with Gasteiger partial charge in [-0.1, -0.05) is 27.7 Å². The number of ether oxygens (including phenoxy) is 1. The van der Waals surface area contributed by atoms with Crippen LogP contribution in [0.5, 0.6) is 0 Å². The van der Waals surface area contributed by atoms with Gasteiger partial charge < -0.3 is 10.1 Å². The molecule has 2 aromatic rings. The maximum Gasteiger partial charge on any atom is 0.152 e. The Morgan fingerprint density at radius 3 is 2.81 bits per heavy atom. The van der Waals surface area contributed by atoms with Crippen molar-refractivity contribution in [3.63, 3.8) is 0 Å². The zero-order valence-corrected chi connectivity index (χ0v) is 13.5. The maximum absolute atomic E-state index is 5.58. The molecule has 21 heavy (non-hydrogen) atoms. The lowest BCUT2D eigenvalue weighted by molar-refractivity contribution is 0.110. The zero-order valence-electron chi connectivity index (χ0n) is 13.5. The van der Waals surface area contributed by atoms with E-state index in [1.165, 1.54) is 0 Å². The maximum atomic E-state index is 5.58. The van der Waals surface area contributed by atoms with E-state index in [2.05, 4.69) is 49.2 Å². The van der Waals surface area contributed by atoms with E-state index >= 15 is 0 Å². The van der Waals surface area contributed by atoms with Gasteiger partial charge in [-0.15, -0.1) is 0 Å². The predicted octanol–water partition coefficient (Wildman–Crippen LogP) is 3.33. The summed E-state index contributed by atoms with van der Waals surface area (Å²) in [5, 5.41) is 7.94. The fraction of sp³-hybridized carbons (Fsp3) is 0.625. The van der Waals surface area contributed by atoms with Crippen molar-refractivity contribution in [3.8, 4) is 0 Å². The summed E-state index contributed by atoms with van der Waals surface area (Å²) in [5.74, 6) is 1.90. The SMILES string of the molecule is CC(C)COCCCNc1nccn2nc(C(C)C)cc12. The van der Waals surface area contributed by atoms with Gasteiger partial charge in [0.1, 0.15) is 5.52 Å². The van der Waals surface area contributed by atoms with Crippen LogP contribution in [0, 0.1) is 5.92 Å². The lowest BCUT2D eigenvalue weighted by Gasteiger charge is -2.08. The Bertz CT molecular complexity index is 562. The van der Waals surface area contributed by atoms with E-state index < -0.39 is 0 Å². The summed E-state index contributed by atoms with van der Waals surface area (Å²) in [7, 11) is 0. The summed E-state index contributed by atoms with van der Waals surface area (Å²) in [6.45, 7) is 11.1. The third-order valence-electron chi connectivity index (χ3n) is 3.21. The second-order valence-corrected chi connectivity index (χ2v) is 6.08. The summed E-state index contributed by atoms with van der Waals surface area (Å²) in [5.41, 5.74) is 2.12. The molecule has 2 rings (SSSR count). The van der Waals surface area contributed by atoms with Crippen LogP contribution in [0.1, 0.15) is 45.7 Å². The zero-order chi connectivity index (χ0) is 15.2. The minimum Gasteiger partial charge on any atom is -0.381 e. The van der Waals surface area contributed by atoms with Gasteiger partial charge in [0.25, 0.3) is 0 Å². The van der Waals surface area contributed by atoms with Crippen LogP contribution in [-0.4, -0.2) is 34.4 Å². The van der Waals surface area contributed by atoms with Crippen molar-refractivity contribution in [2.24, 2.45) is 5.92 Å². The minimum atomic E-state index is 0.419. The van der Waals surface area contributed by atoms with Crippen LogP contribution in [0.2, 0.25) is 0 Å². The summed E-state index contributed by atoms with van der Waals surface area (Å²) in [6, 6.07) is 2.11. The number of hydrogen-bond acceptors (Lipinski definition) is 4. The lowest BCUT2D eigenvalue weighted by Crippen LogP contribution is -2.09. The average Bonchev–Trinajstić information content (AvgIpc) is 2.87. The second kappa shape index (κ2) is 7.41. The van der Waals surface area contributed by atoms with Crippen molar-refractivity contribution >= 4 is 11.3 Å². The highest BCUT2D eigenvalue weighted by Crippen LogP contribution is 2.19. The first kappa shape index (κ1) is 15.8. The van der Waals surface area contributed by atoms with Crippen molar-refractivity contribution in [3.05, 3.63) is 24.2 Å². The monoisotopic (exact) mass is 290 g/mol. The quantitative estimate of drug-likeness (QED) is 0.758. The molecule has 0 aliphatic carbocycles. The van der Waals surface area contributed by atoms with Crippen molar-refractivity contribution in [2.45, 2.75) is 40.0 Å². The fourth-order valence-corrected chi connectivity index (χ4v) is 2.06. The Morgan fingerprint density at radius 2 is 2.10 bits per heavy atom. The molecule has 0 amide bonds. The van der Waals surface area contributed by atoms with Gasteiger partial charge in [-0.05, 0) is 24.3 Å². The van der Waals surface area contributed by atoms with Gasteiger partial charge in [0, 0.05) is 32.2 Å². The predicted molar refractivity (Wildman–Crippen MR) is 85.8 cm³/mol. The van der Waals surface area contributed by atoms with Crippen LogP contribution in [-0.2, 0) is 4.74 Å². The Morgan fingerprint density at radius 1 is 1.29 bits per heavy atom. The molecule has 1 N–H and O–H groups in total. The molecule has 0 saturated heterocycles. The van der Waals surface area contributed by atoms with Crippen molar-refractivity contribution in [2.75, 3.05) is 25.1 Å². The standard InChI is InChI=1S/C16H26N4O/c1-12(2)11-21-9-5-6-17-16-15-10-14(13(3)4)19-20(15)8-7-18-16/h7-8,10,12-13H,5-6,9,11H2,1-4H3,(H,17,18). The highest BCUT2D eigenvalue weighted by molar-refractivity contribution is 5.67. The molecule has 116 valence electrons. The minimum absolute atomic E-state index is 0.419. The van der Waals surface area contributed by atoms with Crippen molar-refractivity contribution in [1.29, 1.82) is 0 Å². The first-order valence-corrected chi connectivity index (χ1v) is 7.74. The van der Waals surface area contributed by atoms with Gasteiger partial charge in [-0.2, -0.15) is 5.10 Å². The van der Waals surface area contributed by atoms with Crippen LogP contribution in [0.4, 0.5) is 5.82 Å². The number of nitrogens with one attached hydrogen (secondary N) is 1. The van der Waals surface area contributed by atoms with E-state index in [1.807, 2.05) is 10.7 Å². The molecule has 2 heterocycles. The normalized spacial score (nSPS) is 11.7. The summed E-state index contributed by atoms with van der Waals surface area (Å²) >= 11 is 0. The van der Waals surface area contributed by atoms with E-state index in [-0.39, 0.29) is 0 Å². The van der Waals surface area contributed by atoms with Gasteiger partial charge in [-0.25, -0.2) is 9.50 Å². The molecule has 0 aliphatic heterocycles. The summed E-state index contributed by atoms with van der Waals surface area (Å²) < 4.78 is 7.47. The number of nitrogens with zero attached hydrogens (tertiary/aromatic N) is 3. The first-order chi connectivity index (χ1) is 10.1. The van der Waals surface area contributed by atoms with E-state index in [0.29, 0.717) is 11.8 Å². The first-order valence-electron chi connectivity index (χ1n) is 7.74. The molecule has 0 radical (unpaired) electrons. The highest BCUT2D eigenvalue weighted by atomic mass is 16.5. The van der Waals surface area contributed by atoms with E-state index in [9.17, 15) is 0 Å². The Labute approximate surface area is 126 Å². The molecule has 0 aliphatic rings. The Kier molecular flexibility index (Phi) is 5.56. The number of anilines is 1. The van der Waals surface area contributed by atoms with Crippen LogP contribution in [0.3, 0.4) is 0 Å². The van der Waals surface area contributed by atoms with Crippen LogP contribution < -0.4 is 5.32 Å². The molecule has 0 aromatic carbocycles. The number of rotatable bonds is 8. The van der Waals surface area contributed by atoms with Gasteiger partial charge in [0.15, 0.2) is 5.82 Å². The smallest absolute Gasteiger partial charge is 0.152 e. The molecule has 0 bridgehead atoms. The van der Waals surface area contributed by atoms with E-state index in [1.54, 1.807) is 6.20 Å². The van der Waals surface area contributed by atoms with Gasteiger partial charge in [-0.3, -0.25) is 0 Å². The molecule has 0 atom stereocenters. The van der Waals surface area contributed by atoms with E-state index in [4.69, 9.17) is 4.74 Å². The molecule has 0 spiro atoms. The number of aromatic nitrogens is 3. The van der Waals surface area contributed by atoms with Gasteiger partial charge in [0.2, 0.25) is 0 Å². The molecule has 0 fully saturated rings. The lowest BCUT2D eigenvalue weighted by atomic mass is 10.1. The largest absolute Gasteiger partial charge is 0.381 e. The third-order valence-corrected chi connectivity index (χ3v) is 3.21. The molecular formula is C16H26N4O. The van der Waals surface area contributed by atoms with Crippen LogP contribution in [0.25, 0.3) is 5.52 Å². The Balaban J connectivity index is 1.90. The topological polar surface area (TPSA) is 51.5 Å². The second-order valence-electron chi connectivity index (χ2n) is 6.08. The number of fused-ring (bicyclic) bond motifs is 1. The average molecular weight is 290 g/mol. The van der Waals surface area contributed by atoms with Crippen molar-refractivity contribution < 1.29 is 4.74 Å². The molecule has 0 unspecified atom stereocenters. The molecule has 5 nitrogen and oxygen atoms in total. The molecular weight excluding hydrogens is 264 g/mol. The van der Waals surface area contributed by atoms with Crippen molar-refractivity contribution in [1.82, 2.24) is 14.6 Å². The fourth-order valence-electron chi connectivity index (χ4n) is 2.06. The summed E-state index contributed by atoms with van der Waals surface area (Å²) in [4.78, 5) is 4.41. The van der Waals surface area contributed by atoms with Gasteiger partial charge in [0.05, 0.1) is 5.69 Å². The van der Waals surface area contributed by atoms with Crippen LogP contribution >= 0.6 is 0 Å². The highest BCUT2D eigenvalue weighted by Gasteiger charge is 2.09. The molecule has 5 heteroatoms. The number of hydrogen-bond donors (Lipinski definition) is 1. The van der Waals surface area contributed by atoms with E-state index in [0.717, 1.165) is 43.2 Å². The summed E-state index contributed by atoms with van der Waals surface area (Å²) in [6.07, 6.45) is 4.64. The van der Waals surface area contributed by atoms with Gasteiger partial charge >= 0.3 is 0 Å². The van der Waals surface area contributed by atoms with Crippen LogP contribution in [0.15, 0.2) is 18.5 Å². The molecule has 2 aromatic heterocycles.